The number of carbonyl (C=O) groups excluding carboxylic acids is 1. The summed E-state index contributed by atoms with van der Waals surface area (Å²) in [7, 11) is 0. The summed E-state index contributed by atoms with van der Waals surface area (Å²) in [6.07, 6.45) is 0.713. The number of phenolic OH excluding ortho intramolecular Hbond substituents is 1. The highest BCUT2D eigenvalue weighted by atomic mass is 35.5. The molecule has 0 aliphatic rings. The van der Waals surface area contributed by atoms with Crippen molar-refractivity contribution < 1.29 is 9.90 Å². The molecule has 3 nitrogen and oxygen atoms in total. The van der Waals surface area contributed by atoms with Crippen molar-refractivity contribution in [2.24, 2.45) is 0 Å². The molecule has 2 N–H and O–H groups in total. The summed E-state index contributed by atoms with van der Waals surface area (Å²) in [5.41, 5.74) is 1.21. The number of hydrogen-bond donors (Lipinski definition) is 2. The zero-order valence-electron chi connectivity index (χ0n) is 10.3. The van der Waals surface area contributed by atoms with E-state index in [2.05, 4.69) is 5.32 Å². The molecule has 17 heavy (non-hydrogen) atoms. The maximum atomic E-state index is 11.8. The van der Waals surface area contributed by atoms with Crippen LogP contribution in [0.2, 0.25) is 0 Å². The van der Waals surface area contributed by atoms with Crippen molar-refractivity contribution in [2.75, 3.05) is 0 Å². The molecule has 1 amide bonds. The van der Waals surface area contributed by atoms with Crippen LogP contribution in [0, 0.1) is 6.92 Å². The number of phenols is 1. The Balaban J connectivity index is 2.66. The van der Waals surface area contributed by atoms with Crippen molar-refractivity contribution in [1.82, 2.24) is 5.32 Å². The van der Waals surface area contributed by atoms with E-state index in [-0.39, 0.29) is 23.1 Å². The van der Waals surface area contributed by atoms with Gasteiger partial charge in [0.05, 0.1) is 0 Å². The third kappa shape index (κ3) is 4.27. The number of carbonyl (C=O) groups is 1. The summed E-state index contributed by atoms with van der Waals surface area (Å²) >= 11 is 5.86. The molecule has 0 heterocycles. The van der Waals surface area contributed by atoms with Crippen molar-refractivity contribution >= 4 is 17.5 Å². The van der Waals surface area contributed by atoms with Gasteiger partial charge in [0.1, 0.15) is 5.75 Å². The van der Waals surface area contributed by atoms with Gasteiger partial charge in [-0.05, 0) is 44.9 Å². The lowest BCUT2D eigenvalue weighted by Crippen LogP contribution is -2.33. The van der Waals surface area contributed by atoms with Crippen LogP contribution in [-0.2, 0) is 0 Å². The van der Waals surface area contributed by atoms with Crippen LogP contribution < -0.4 is 5.32 Å². The molecule has 0 fully saturated rings. The van der Waals surface area contributed by atoms with Gasteiger partial charge in [-0.15, -0.1) is 11.6 Å². The fourth-order valence-corrected chi connectivity index (χ4v) is 1.87. The molecule has 0 aliphatic heterocycles. The van der Waals surface area contributed by atoms with E-state index in [0.717, 1.165) is 5.56 Å². The molecule has 1 aromatic carbocycles. The molecule has 2 unspecified atom stereocenters. The van der Waals surface area contributed by atoms with Gasteiger partial charge in [-0.3, -0.25) is 4.79 Å². The summed E-state index contributed by atoms with van der Waals surface area (Å²) in [6, 6.07) is 4.90. The maximum Gasteiger partial charge on any atom is 0.251 e. The smallest absolute Gasteiger partial charge is 0.251 e. The van der Waals surface area contributed by atoms with E-state index in [9.17, 15) is 9.90 Å². The van der Waals surface area contributed by atoms with E-state index in [4.69, 9.17) is 11.6 Å². The highest BCUT2D eigenvalue weighted by Gasteiger charge is 2.12. The fraction of sp³-hybridized carbons (Fsp3) is 0.462. The van der Waals surface area contributed by atoms with E-state index in [1.807, 2.05) is 13.8 Å². The predicted molar refractivity (Wildman–Crippen MR) is 69.7 cm³/mol. The van der Waals surface area contributed by atoms with Crippen molar-refractivity contribution in [3.63, 3.8) is 0 Å². The van der Waals surface area contributed by atoms with Crippen LogP contribution in [0.5, 0.6) is 5.75 Å². The van der Waals surface area contributed by atoms with Crippen molar-refractivity contribution in [3.05, 3.63) is 29.3 Å². The molecule has 2 atom stereocenters. The number of rotatable bonds is 4. The van der Waals surface area contributed by atoms with Crippen LogP contribution in [0.15, 0.2) is 18.2 Å². The van der Waals surface area contributed by atoms with Crippen LogP contribution in [0.4, 0.5) is 0 Å². The van der Waals surface area contributed by atoms with Crippen LogP contribution >= 0.6 is 11.6 Å². The van der Waals surface area contributed by atoms with Gasteiger partial charge < -0.3 is 10.4 Å². The molecule has 0 aromatic heterocycles. The van der Waals surface area contributed by atoms with Crippen molar-refractivity contribution in [1.29, 1.82) is 0 Å². The Morgan fingerprint density at radius 1 is 1.47 bits per heavy atom. The molecule has 0 saturated carbocycles. The summed E-state index contributed by atoms with van der Waals surface area (Å²) in [4.78, 5) is 11.8. The van der Waals surface area contributed by atoms with Gasteiger partial charge in [0.2, 0.25) is 0 Å². The average Bonchev–Trinajstić information content (AvgIpc) is 2.20. The molecular formula is C13H18ClNO2. The number of nitrogens with one attached hydrogen (secondary N) is 1. The zero-order chi connectivity index (χ0) is 13.0. The molecular weight excluding hydrogens is 238 g/mol. The first-order valence-corrected chi connectivity index (χ1v) is 6.08. The molecule has 1 rings (SSSR count). The van der Waals surface area contributed by atoms with E-state index in [1.165, 1.54) is 6.07 Å². The van der Waals surface area contributed by atoms with E-state index < -0.39 is 0 Å². The van der Waals surface area contributed by atoms with Gasteiger partial charge in [0, 0.05) is 17.0 Å². The van der Waals surface area contributed by atoms with Gasteiger partial charge in [-0.1, -0.05) is 6.07 Å². The molecule has 94 valence electrons. The summed E-state index contributed by atoms with van der Waals surface area (Å²) in [5, 5.41) is 12.4. The summed E-state index contributed by atoms with van der Waals surface area (Å²) < 4.78 is 0. The standard InChI is InChI=1S/C13H18ClNO2/c1-8-4-5-11(7-12(8)16)13(17)15-10(3)6-9(2)14/h4-5,7,9-10,16H,6H2,1-3H3,(H,15,17). The number of hydrogen-bond acceptors (Lipinski definition) is 2. The van der Waals surface area contributed by atoms with E-state index in [1.54, 1.807) is 19.1 Å². The lowest BCUT2D eigenvalue weighted by atomic mass is 10.1. The molecule has 0 spiro atoms. The Hall–Kier alpha value is -1.22. The lowest BCUT2D eigenvalue weighted by molar-refractivity contribution is 0.0938. The second-order valence-electron chi connectivity index (χ2n) is 4.39. The van der Waals surface area contributed by atoms with Gasteiger partial charge in [0.25, 0.3) is 5.91 Å². The minimum absolute atomic E-state index is 0.0124. The first-order valence-electron chi connectivity index (χ1n) is 5.64. The Morgan fingerprint density at radius 2 is 2.12 bits per heavy atom. The predicted octanol–water partition coefficient (Wildman–Crippen LogP) is 2.84. The Labute approximate surface area is 107 Å². The quantitative estimate of drug-likeness (QED) is 0.813. The Morgan fingerprint density at radius 3 is 2.65 bits per heavy atom. The zero-order valence-corrected chi connectivity index (χ0v) is 11.1. The third-order valence-electron chi connectivity index (χ3n) is 2.53. The fourth-order valence-electron chi connectivity index (χ4n) is 1.60. The summed E-state index contributed by atoms with van der Waals surface area (Å²) in [5.74, 6) is -0.0545. The molecule has 0 radical (unpaired) electrons. The van der Waals surface area contributed by atoms with E-state index >= 15 is 0 Å². The highest BCUT2D eigenvalue weighted by molar-refractivity contribution is 6.20. The van der Waals surface area contributed by atoms with Gasteiger partial charge in [0.15, 0.2) is 0 Å². The van der Waals surface area contributed by atoms with Crippen molar-refractivity contribution in [2.45, 2.75) is 38.6 Å². The SMILES string of the molecule is Cc1ccc(C(=O)NC(C)CC(C)Cl)cc1O. The summed E-state index contributed by atoms with van der Waals surface area (Å²) in [6.45, 7) is 5.58. The van der Waals surface area contributed by atoms with E-state index in [0.29, 0.717) is 12.0 Å². The lowest BCUT2D eigenvalue weighted by Gasteiger charge is -2.15. The highest BCUT2D eigenvalue weighted by Crippen LogP contribution is 2.17. The first kappa shape index (κ1) is 13.8. The minimum Gasteiger partial charge on any atom is -0.508 e. The van der Waals surface area contributed by atoms with Crippen LogP contribution in [0.25, 0.3) is 0 Å². The van der Waals surface area contributed by atoms with Gasteiger partial charge in [-0.25, -0.2) is 0 Å². The van der Waals surface area contributed by atoms with Gasteiger partial charge >= 0.3 is 0 Å². The number of aryl methyl sites for hydroxylation is 1. The number of alkyl halides is 1. The van der Waals surface area contributed by atoms with Crippen molar-refractivity contribution in [3.8, 4) is 5.75 Å². The Kier molecular flexibility index (Phi) is 4.82. The van der Waals surface area contributed by atoms with Crippen LogP contribution in [0.1, 0.15) is 36.2 Å². The molecule has 0 saturated heterocycles. The minimum atomic E-state index is -0.190. The Bertz CT molecular complexity index is 404. The second kappa shape index (κ2) is 5.92. The van der Waals surface area contributed by atoms with Gasteiger partial charge in [-0.2, -0.15) is 0 Å². The number of halogens is 1. The molecule has 4 heteroatoms. The maximum absolute atomic E-state index is 11.8. The van der Waals surface area contributed by atoms with Crippen LogP contribution in [-0.4, -0.2) is 22.4 Å². The third-order valence-corrected chi connectivity index (χ3v) is 2.71. The average molecular weight is 256 g/mol. The first-order chi connectivity index (χ1) is 7.90. The van der Waals surface area contributed by atoms with Crippen LogP contribution in [0.3, 0.4) is 0 Å². The molecule has 1 aromatic rings. The topological polar surface area (TPSA) is 49.3 Å². The largest absolute Gasteiger partial charge is 0.508 e. The number of benzene rings is 1. The normalized spacial score (nSPS) is 14.1. The molecule has 0 aliphatic carbocycles. The second-order valence-corrected chi connectivity index (χ2v) is 5.14. The number of amides is 1. The molecule has 0 bridgehead atoms. The monoisotopic (exact) mass is 255 g/mol. The number of aromatic hydroxyl groups is 1.